The molecule has 3 aromatic rings. The van der Waals surface area contributed by atoms with Crippen LogP contribution in [0, 0.1) is 0 Å². The average Bonchev–Trinajstić information content (AvgIpc) is 3.32. The molecule has 2 aromatic heterocycles. The van der Waals surface area contributed by atoms with Crippen LogP contribution < -0.4 is 5.32 Å². The van der Waals surface area contributed by atoms with Gasteiger partial charge in [0, 0.05) is 18.0 Å². The first kappa shape index (κ1) is 15.7. The van der Waals surface area contributed by atoms with Crippen molar-refractivity contribution in [2.45, 2.75) is 13.0 Å². The molecule has 2 amide bonds. The maximum atomic E-state index is 13.0. The van der Waals surface area contributed by atoms with E-state index in [1.807, 2.05) is 4.90 Å². The Balaban J connectivity index is 1.56. The smallest absolute Gasteiger partial charge is 0.291 e. The number of anilines is 1. The van der Waals surface area contributed by atoms with Crippen LogP contribution in [0.5, 0.6) is 0 Å². The fourth-order valence-corrected chi connectivity index (χ4v) is 3.85. The molecule has 5 nitrogen and oxygen atoms in total. The molecule has 3 heterocycles. The first-order valence-corrected chi connectivity index (χ1v) is 8.89. The van der Waals surface area contributed by atoms with E-state index in [4.69, 9.17) is 4.42 Å². The minimum Gasteiger partial charge on any atom is -0.459 e. The van der Waals surface area contributed by atoms with Crippen molar-refractivity contribution in [3.63, 3.8) is 0 Å². The topological polar surface area (TPSA) is 62.6 Å². The van der Waals surface area contributed by atoms with Gasteiger partial charge < -0.3 is 14.6 Å². The first-order valence-electron chi connectivity index (χ1n) is 8.01. The number of furan rings is 1. The Bertz CT molecular complexity index is 914. The summed E-state index contributed by atoms with van der Waals surface area (Å²) in [5.74, 6) is -0.237. The molecule has 6 heteroatoms. The lowest BCUT2D eigenvalue weighted by Gasteiger charge is -2.27. The van der Waals surface area contributed by atoms with Gasteiger partial charge in [0.15, 0.2) is 5.76 Å². The number of carbonyl (C=O) groups is 2. The standard InChI is InChI=1S/C19H16N2O3S/c22-18(16-6-3-10-24-16)20-15-5-2-1-4-14(15)19(23)21-9-7-17-13(12-21)8-11-25-17/h1-6,8,10-11H,7,9,12H2,(H,20,22). The molecule has 0 saturated carbocycles. The molecule has 126 valence electrons. The molecule has 25 heavy (non-hydrogen) atoms. The van der Waals surface area contributed by atoms with E-state index in [1.54, 1.807) is 47.7 Å². The third kappa shape index (κ3) is 3.08. The average molecular weight is 352 g/mol. The summed E-state index contributed by atoms with van der Waals surface area (Å²) in [6.07, 6.45) is 2.32. The van der Waals surface area contributed by atoms with E-state index in [-0.39, 0.29) is 17.6 Å². The van der Waals surface area contributed by atoms with Crippen molar-refractivity contribution >= 4 is 28.8 Å². The second-order valence-electron chi connectivity index (χ2n) is 5.82. The third-order valence-corrected chi connectivity index (χ3v) is 5.27. The molecule has 0 fully saturated rings. The molecule has 0 saturated heterocycles. The summed E-state index contributed by atoms with van der Waals surface area (Å²) < 4.78 is 5.11. The van der Waals surface area contributed by atoms with E-state index in [9.17, 15) is 9.59 Å². The molecule has 4 rings (SSSR count). The lowest BCUT2D eigenvalue weighted by molar-refractivity contribution is 0.0737. The van der Waals surface area contributed by atoms with Crippen molar-refractivity contribution in [2.75, 3.05) is 11.9 Å². The van der Waals surface area contributed by atoms with Gasteiger partial charge in [-0.2, -0.15) is 0 Å². The highest BCUT2D eigenvalue weighted by atomic mass is 32.1. The highest BCUT2D eigenvalue weighted by Gasteiger charge is 2.24. The van der Waals surface area contributed by atoms with Gasteiger partial charge in [-0.15, -0.1) is 11.3 Å². The molecule has 0 spiro atoms. The van der Waals surface area contributed by atoms with Crippen LogP contribution in [0.3, 0.4) is 0 Å². The van der Waals surface area contributed by atoms with Crippen LogP contribution in [0.4, 0.5) is 5.69 Å². The molecule has 0 aliphatic carbocycles. The number of nitrogens with zero attached hydrogens (tertiary/aromatic N) is 1. The lowest BCUT2D eigenvalue weighted by Crippen LogP contribution is -2.35. The number of nitrogens with one attached hydrogen (secondary N) is 1. The van der Waals surface area contributed by atoms with Crippen molar-refractivity contribution in [1.29, 1.82) is 0 Å². The van der Waals surface area contributed by atoms with Gasteiger partial charge in [0.2, 0.25) is 0 Å². The summed E-state index contributed by atoms with van der Waals surface area (Å²) >= 11 is 1.74. The highest BCUT2D eigenvalue weighted by Crippen LogP contribution is 2.26. The van der Waals surface area contributed by atoms with Gasteiger partial charge in [-0.05, 0) is 47.7 Å². The lowest BCUT2D eigenvalue weighted by atomic mass is 10.1. The number of para-hydroxylation sites is 1. The van der Waals surface area contributed by atoms with E-state index in [2.05, 4.69) is 16.8 Å². The van der Waals surface area contributed by atoms with Gasteiger partial charge in [0.1, 0.15) is 0 Å². The Labute approximate surface area is 148 Å². The van der Waals surface area contributed by atoms with Crippen LogP contribution in [0.15, 0.2) is 58.5 Å². The van der Waals surface area contributed by atoms with Crippen LogP contribution >= 0.6 is 11.3 Å². The van der Waals surface area contributed by atoms with E-state index in [0.717, 1.165) is 6.42 Å². The zero-order chi connectivity index (χ0) is 17.2. The van der Waals surface area contributed by atoms with Gasteiger partial charge in [-0.25, -0.2) is 0 Å². The quantitative estimate of drug-likeness (QED) is 0.780. The third-order valence-electron chi connectivity index (χ3n) is 4.25. The maximum Gasteiger partial charge on any atom is 0.291 e. The molecule has 0 radical (unpaired) electrons. The van der Waals surface area contributed by atoms with Crippen molar-refractivity contribution in [3.8, 4) is 0 Å². The predicted molar refractivity (Wildman–Crippen MR) is 95.9 cm³/mol. The molecule has 0 atom stereocenters. The van der Waals surface area contributed by atoms with Gasteiger partial charge in [-0.1, -0.05) is 12.1 Å². The van der Waals surface area contributed by atoms with Gasteiger partial charge >= 0.3 is 0 Å². The number of thiophene rings is 1. The molecule has 0 unspecified atom stereocenters. The Morgan fingerprint density at radius 2 is 2.00 bits per heavy atom. The van der Waals surface area contributed by atoms with E-state index in [1.165, 1.54) is 16.7 Å². The summed E-state index contributed by atoms with van der Waals surface area (Å²) in [6, 6.07) is 12.4. The maximum absolute atomic E-state index is 13.0. The van der Waals surface area contributed by atoms with E-state index >= 15 is 0 Å². The predicted octanol–water partition coefficient (Wildman–Crippen LogP) is 3.79. The van der Waals surface area contributed by atoms with Crippen LogP contribution in [0.25, 0.3) is 0 Å². The molecule has 1 N–H and O–H groups in total. The van der Waals surface area contributed by atoms with Crippen LogP contribution in [-0.2, 0) is 13.0 Å². The number of amides is 2. The summed E-state index contributed by atoms with van der Waals surface area (Å²) in [4.78, 5) is 28.4. The molecule has 0 bridgehead atoms. The summed E-state index contributed by atoms with van der Waals surface area (Å²) in [5.41, 5.74) is 2.19. The summed E-state index contributed by atoms with van der Waals surface area (Å²) in [5, 5.41) is 4.83. The first-order chi connectivity index (χ1) is 12.2. The number of rotatable bonds is 3. The second-order valence-corrected chi connectivity index (χ2v) is 6.82. The number of hydrogen-bond donors (Lipinski definition) is 1. The zero-order valence-electron chi connectivity index (χ0n) is 13.4. The SMILES string of the molecule is O=C(Nc1ccccc1C(=O)N1CCc2sccc2C1)c1ccco1. The number of fused-ring (bicyclic) bond motifs is 1. The monoisotopic (exact) mass is 352 g/mol. The van der Waals surface area contributed by atoms with Gasteiger partial charge in [0.05, 0.1) is 17.5 Å². The number of benzene rings is 1. The van der Waals surface area contributed by atoms with Crippen molar-refractivity contribution in [2.24, 2.45) is 0 Å². The Hall–Kier alpha value is -2.86. The summed E-state index contributed by atoms with van der Waals surface area (Å²) in [7, 11) is 0. The Morgan fingerprint density at radius 1 is 1.12 bits per heavy atom. The van der Waals surface area contributed by atoms with Crippen molar-refractivity contribution in [3.05, 3.63) is 75.9 Å². The van der Waals surface area contributed by atoms with Crippen LogP contribution in [-0.4, -0.2) is 23.3 Å². The molecular formula is C19H16N2O3S. The number of hydrogen-bond acceptors (Lipinski definition) is 4. The molecule has 1 aromatic carbocycles. The Morgan fingerprint density at radius 3 is 2.84 bits per heavy atom. The highest BCUT2D eigenvalue weighted by molar-refractivity contribution is 7.10. The Kier molecular flexibility index (Phi) is 4.11. The minimum atomic E-state index is -0.371. The normalized spacial score (nSPS) is 13.4. The minimum absolute atomic E-state index is 0.0767. The fraction of sp³-hybridized carbons (Fsp3) is 0.158. The van der Waals surface area contributed by atoms with E-state index < -0.39 is 0 Å². The van der Waals surface area contributed by atoms with Crippen molar-refractivity contribution < 1.29 is 14.0 Å². The fourth-order valence-electron chi connectivity index (χ4n) is 2.96. The second kappa shape index (κ2) is 6.57. The van der Waals surface area contributed by atoms with Crippen molar-refractivity contribution in [1.82, 2.24) is 4.90 Å². The molecule has 1 aliphatic heterocycles. The van der Waals surface area contributed by atoms with Gasteiger partial charge in [-0.3, -0.25) is 9.59 Å². The van der Waals surface area contributed by atoms with Crippen LogP contribution in [0.2, 0.25) is 0 Å². The summed E-state index contributed by atoms with van der Waals surface area (Å²) in [6.45, 7) is 1.30. The zero-order valence-corrected chi connectivity index (χ0v) is 14.2. The molecule has 1 aliphatic rings. The van der Waals surface area contributed by atoms with Gasteiger partial charge in [0.25, 0.3) is 11.8 Å². The van der Waals surface area contributed by atoms with Crippen LogP contribution in [0.1, 0.15) is 31.4 Å². The number of carbonyl (C=O) groups excluding carboxylic acids is 2. The van der Waals surface area contributed by atoms with E-state index in [0.29, 0.717) is 24.3 Å². The molecular weight excluding hydrogens is 336 g/mol. The largest absolute Gasteiger partial charge is 0.459 e.